The highest BCUT2D eigenvalue weighted by atomic mass is 35.5. The molecule has 0 aliphatic carbocycles. The van der Waals surface area contributed by atoms with Crippen molar-refractivity contribution in [2.45, 2.75) is 20.4 Å². The standard InChI is InChI=1S/C24H21ClFN5O/c1-16-22(24(25)31(29-16)21-9-5-19(26)6-10-21)11-12-23(32)28-20-7-3-18(4-8-20)15-30-14-13-27-17(30)2/h3-14H,15H2,1-2H3,(H,28,32)/b12-11+. The van der Waals surface area contributed by atoms with Gasteiger partial charge in [0.15, 0.2) is 0 Å². The quantitative estimate of drug-likeness (QED) is 0.412. The number of nitrogens with zero attached hydrogens (tertiary/aromatic N) is 4. The zero-order valence-electron chi connectivity index (χ0n) is 17.6. The molecular formula is C24H21ClFN5O. The lowest BCUT2D eigenvalue weighted by molar-refractivity contribution is -0.111. The Bertz CT molecular complexity index is 1270. The first kappa shape index (κ1) is 21.5. The Morgan fingerprint density at radius 2 is 1.84 bits per heavy atom. The summed E-state index contributed by atoms with van der Waals surface area (Å²) in [6.07, 6.45) is 6.73. The molecule has 0 saturated carbocycles. The first-order valence-corrected chi connectivity index (χ1v) is 10.4. The van der Waals surface area contributed by atoms with Crippen LogP contribution in [-0.4, -0.2) is 25.2 Å². The number of nitrogens with one attached hydrogen (secondary N) is 1. The van der Waals surface area contributed by atoms with E-state index in [0.717, 1.165) is 17.9 Å². The molecule has 0 spiro atoms. The summed E-state index contributed by atoms with van der Waals surface area (Å²) in [5, 5.41) is 7.57. The van der Waals surface area contributed by atoms with Crippen molar-refractivity contribution in [2.75, 3.05) is 5.32 Å². The number of hydrogen-bond donors (Lipinski definition) is 1. The van der Waals surface area contributed by atoms with Crippen molar-refractivity contribution in [3.05, 3.63) is 101 Å². The molecule has 1 amide bonds. The van der Waals surface area contributed by atoms with Crippen molar-refractivity contribution in [2.24, 2.45) is 0 Å². The molecule has 0 radical (unpaired) electrons. The third-order valence-electron chi connectivity index (χ3n) is 5.02. The van der Waals surface area contributed by atoms with Gasteiger partial charge in [0.1, 0.15) is 16.8 Å². The first-order chi connectivity index (χ1) is 15.4. The van der Waals surface area contributed by atoms with Gasteiger partial charge in [-0.05, 0) is 61.9 Å². The van der Waals surface area contributed by atoms with Crippen LogP contribution in [0, 0.1) is 19.7 Å². The Morgan fingerprint density at radius 3 is 2.50 bits per heavy atom. The summed E-state index contributed by atoms with van der Waals surface area (Å²) in [5.74, 6) is 0.327. The van der Waals surface area contributed by atoms with Gasteiger partial charge in [0, 0.05) is 36.3 Å². The van der Waals surface area contributed by atoms with E-state index in [1.165, 1.54) is 22.9 Å². The molecule has 2 aromatic carbocycles. The highest BCUT2D eigenvalue weighted by Gasteiger charge is 2.13. The van der Waals surface area contributed by atoms with E-state index in [1.54, 1.807) is 31.3 Å². The van der Waals surface area contributed by atoms with Crippen LogP contribution >= 0.6 is 11.6 Å². The molecule has 0 fully saturated rings. The highest BCUT2D eigenvalue weighted by molar-refractivity contribution is 6.31. The molecule has 0 unspecified atom stereocenters. The molecule has 0 atom stereocenters. The Hall–Kier alpha value is -3.71. The lowest BCUT2D eigenvalue weighted by atomic mass is 10.2. The molecule has 32 heavy (non-hydrogen) atoms. The highest BCUT2D eigenvalue weighted by Crippen LogP contribution is 2.25. The number of anilines is 1. The fourth-order valence-electron chi connectivity index (χ4n) is 3.26. The smallest absolute Gasteiger partial charge is 0.248 e. The molecule has 162 valence electrons. The molecule has 1 N–H and O–H groups in total. The van der Waals surface area contributed by atoms with E-state index in [9.17, 15) is 9.18 Å². The molecule has 6 nitrogen and oxygen atoms in total. The van der Waals surface area contributed by atoms with Crippen molar-refractivity contribution in [1.29, 1.82) is 0 Å². The number of carbonyl (C=O) groups excluding carboxylic acids is 1. The minimum atomic E-state index is -0.338. The van der Waals surface area contributed by atoms with Crippen LogP contribution in [0.25, 0.3) is 11.8 Å². The Balaban J connectivity index is 1.42. The number of aryl methyl sites for hydroxylation is 2. The Kier molecular flexibility index (Phi) is 6.18. The lowest BCUT2D eigenvalue weighted by Crippen LogP contribution is -2.08. The largest absolute Gasteiger partial charge is 0.331 e. The predicted molar refractivity (Wildman–Crippen MR) is 123 cm³/mol. The number of hydrogen-bond acceptors (Lipinski definition) is 3. The van der Waals surface area contributed by atoms with Gasteiger partial charge in [0.25, 0.3) is 0 Å². The summed E-state index contributed by atoms with van der Waals surface area (Å²) in [4.78, 5) is 16.6. The second-order valence-electron chi connectivity index (χ2n) is 7.30. The van der Waals surface area contributed by atoms with Crippen LogP contribution in [0.15, 0.2) is 67.0 Å². The van der Waals surface area contributed by atoms with Gasteiger partial charge in [-0.3, -0.25) is 4.79 Å². The van der Waals surface area contributed by atoms with E-state index in [4.69, 9.17) is 11.6 Å². The van der Waals surface area contributed by atoms with Crippen LogP contribution < -0.4 is 5.32 Å². The zero-order chi connectivity index (χ0) is 22.7. The number of carbonyl (C=O) groups is 1. The van der Waals surface area contributed by atoms with E-state index in [2.05, 4.69) is 20.0 Å². The molecule has 4 aromatic rings. The Morgan fingerprint density at radius 1 is 1.12 bits per heavy atom. The fraction of sp³-hybridized carbons (Fsp3) is 0.125. The summed E-state index contributed by atoms with van der Waals surface area (Å²) < 4.78 is 16.7. The molecule has 2 aromatic heterocycles. The maximum absolute atomic E-state index is 13.2. The van der Waals surface area contributed by atoms with Gasteiger partial charge in [-0.25, -0.2) is 14.1 Å². The fourth-order valence-corrected chi connectivity index (χ4v) is 3.59. The van der Waals surface area contributed by atoms with Gasteiger partial charge in [0.05, 0.1) is 11.4 Å². The van der Waals surface area contributed by atoms with E-state index < -0.39 is 0 Å². The van der Waals surface area contributed by atoms with E-state index in [-0.39, 0.29) is 11.7 Å². The topological polar surface area (TPSA) is 64.7 Å². The number of imidazole rings is 1. The minimum absolute atomic E-state index is 0.284. The van der Waals surface area contributed by atoms with Crippen LogP contribution in [0.4, 0.5) is 10.1 Å². The number of benzene rings is 2. The molecule has 0 aliphatic rings. The average Bonchev–Trinajstić information content (AvgIpc) is 3.30. The van der Waals surface area contributed by atoms with Crippen molar-refractivity contribution in [3.63, 3.8) is 0 Å². The monoisotopic (exact) mass is 449 g/mol. The van der Waals surface area contributed by atoms with Crippen molar-refractivity contribution in [1.82, 2.24) is 19.3 Å². The third kappa shape index (κ3) is 4.78. The van der Waals surface area contributed by atoms with Crippen LogP contribution in [0.5, 0.6) is 0 Å². The normalized spacial score (nSPS) is 11.2. The van der Waals surface area contributed by atoms with Gasteiger partial charge >= 0.3 is 0 Å². The van der Waals surface area contributed by atoms with E-state index in [1.807, 2.05) is 37.4 Å². The summed E-state index contributed by atoms with van der Waals surface area (Å²) in [6, 6.07) is 13.5. The third-order valence-corrected chi connectivity index (χ3v) is 5.38. The zero-order valence-corrected chi connectivity index (χ0v) is 18.3. The van der Waals surface area contributed by atoms with Crippen LogP contribution in [0.2, 0.25) is 5.15 Å². The van der Waals surface area contributed by atoms with Gasteiger partial charge in [0.2, 0.25) is 5.91 Å². The van der Waals surface area contributed by atoms with Crippen LogP contribution in [0.1, 0.15) is 22.6 Å². The average molecular weight is 450 g/mol. The molecular weight excluding hydrogens is 429 g/mol. The molecule has 8 heteroatoms. The maximum Gasteiger partial charge on any atom is 0.248 e. The minimum Gasteiger partial charge on any atom is -0.331 e. The Labute approximate surface area is 190 Å². The van der Waals surface area contributed by atoms with E-state index in [0.29, 0.717) is 27.8 Å². The van der Waals surface area contributed by atoms with Gasteiger partial charge in [-0.1, -0.05) is 23.7 Å². The number of halogens is 2. The molecule has 0 bridgehead atoms. The van der Waals surface area contributed by atoms with Crippen LogP contribution in [-0.2, 0) is 11.3 Å². The van der Waals surface area contributed by atoms with Gasteiger partial charge < -0.3 is 9.88 Å². The summed E-state index contributed by atoms with van der Waals surface area (Å²) >= 11 is 6.45. The predicted octanol–water partition coefficient (Wildman–Crippen LogP) is 5.18. The molecule has 0 saturated heterocycles. The SMILES string of the molecule is Cc1nn(-c2ccc(F)cc2)c(Cl)c1/C=C/C(=O)Nc1ccc(Cn2ccnc2C)cc1. The first-order valence-electron chi connectivity index (χ1n) is 9.97. The molecule has 4 rings (SSSR count). The number of amides is 1. The van der Waals surface area contributed by atoms with Gasteiger partial charge in [-0.2, -0.15) is 5.10 Å². The van der Waals surface area contributed by atoms with Crippen molar-refractivity contribution in [3.8, 4) is 5.69 Å². The molecule has 0 aliphatic heterocycles. The van der Waals surface area contributed by atoms with Crippen molar-refractivity contribution < 1.29 is 9.18 Å². The summed E-state index contributed by atoms with van der Waals surface area (Å²) in [5.41, 5.74) is 3.71. The maximum atomic E-state index is 13.2. The summed E-state index contributed by atoms with van der Waals surface area (Å²) in [7, 11) is 0. The number of aromatic nitrogens is 4. The second-order valence-corrected chi connectivity index (χ2v) is 7.66. The lowest BCUT2D eigenvalue weighted by Gasteiger charge is -2.07. The van der Waals surface area contributed by atoms with Crippen molar-refractivity contribution >= 4 is 29.3 Å². The summed E-state index contributed by atoms with van der Waals surface area (Å²) in [6.45, 7) is 4.47. The van der Waals surface area contributed by atoms with Crippen LogP contribution in [0.3, 0.4) is 0 Å². The van der Waals surface area contributed by atoms with Gasteiger partial charge in [-0.15, -0.1) is 0 Å². The molecule has 2 heterocycles. The van der Waals surface area contributed by atoms with E-state index >= 15 is 0 Å². The number of rotatable bonds is 6. The second kappa shape index (κ2) is 9.20.